The molecule has 0 aromatic heterocycles. The summed E-state index contributed by atoms with van der Waals surface area (Å²) in [6.07, 6.45) is 0. The summed E-state index contributed by atoms with van der Waals surface area (Å²) in [4.78, 5) is 10.6. The normalized spacial score (nSPS) is 13.8. The Labute approximate surface area is 506 Å². The molecule has 4 heterocycles. The number of benzene rings is 11. The smallest absolute Gasteiger partial charge is 0.249 e. The van der Waals surface area contributed by atoms with E-state index in [1.807, 2.05) is 23.5 Å². The maximum Gasteiger partial charge on any atom is 0.249 e. The molecule has 406 valence electrons. The van der Waals surface area contributed by atoms with Crippen molar-refractivity contribution in [3.63, 3.8) is 0 Å². The largest absolute Gasteiger partial charge is 0.311 e. The third-order valence-electron chi connectivity index (χ3n) is 18.0. The van der Waals surface area contributed by atoms with Gasteiger partial charge in [0.05, 0.1) is 5.69 Å². The van der Waals surface area contributed by atoms with E-state index in [0.29, 0.717) is 0 Å². The lowest BCUT2D eigenvalue weighted by Crippen LogP contribution is -2.64. The molecule has 4 aliphatic rings. The van der Waals surface area contributed by atoms with Crippen molar-refractivity contribution in [1.82, 2.24) is 0 Å². The standard InChI is InChI=1S/C78H66B2N2S2/c1-76(2,3)55-33-37-58(38-34-55)81-65-48-66-64(47-63(65)79-61-39-35-56(77(4,5)6)45-69(61)83-71-43-53(41-67(81)73(71)79)49-23-14-10-15-24-49)80-62-40-36-57(78(7,8)9)46-70(62)84-72-44-54(50-25-16-11-17-26-50)42-68(74(72)80)82(66)75-59(51-27-18-12-19-28-51)31-22-32-60(75)52-29-20-13-21-30-52/h10-48H,1-9H3. The highest BCUT2D eigenvalue weighted by Gasteiger charge is 2.47. The molecule has 15 rings (SSSR count). The monoisotopic (exact) mass is 1120 g/mol. The number of rotatable bonds is 6. The molecule has 4 aliphatic heterocycles. The minimum atomic E-state index is -0.0627. The molecule has 0 saturated heterocycles. The molecule has 0 atom stereocenters. The van der Waals surface area contributed by atoms with Gasteiger partial charge in [-0.1, -0.05) is 279 Å². The SMILES string of the molecule is CC(C)(C)c1ccc(N2c3cc4c(cc3B3c5ccc(C(C)(C)C)cc5Sc5cc(-c6ccccc6)cc2c53)B2c3ccc(C(C)(C)C)cc3Sc3cc(-c5ccccc5)cc(c32)N4c2c(-c3ccccc3)cccc2-c2ccccc2)cc1. The van der Waals surface area contributed by atoms with E-state index in [4.69, 9.17) is 0 Å². The molecule has 11 aromatic carbocycles. The number of hydrogen-bond donors (Lipinski definition) is 0. The maximum atomic E-state index is 2.71. The molecule has 0 aliphatic carbocycles. The lowest BCUT2D eigenvalue weighted by molar-refractivity contribution is 0.588. The van der Waals surface area contributed by atoms with Gasteiger partial charge in [0.1, 0.15) is 0 Å². The van der Waals surface area contributed by atoms with Crippen molar-refractivity contribution in [2.45, 2.75) is 98.1 Å². The fraction of sp³-hybridized carbons (Fsp3) is 0.154. The quantitative estimate of drug-likeness (QED) is 0.153. The van der Waals surface area contributed by atoms with Crippen molar-refractivity contribution in [3.05, 3.63) is 253 Å². The Bertz CT molecular complexity index is 4370. The lowest BCUT2D eigenvalue weighted by atomic mass is 9.31. The van der Waals surface area contributed by atoms with Crippen molar-refractivity contribution in [1.29, 1.82) is 0 Å². The summed E-state index contributed by atoms with van der Waals surface area (Å²) in [5, 5.41) is 0. The summed E-state index contributed by atoms with van der Waals surface area (Å²) in [5.41, 5.74) is 28.8. The Morgan fingerprint density at radius 3 is 1.11 bits per heavy atom. The fourth-order valence-electron chi connectivity index (χ4n) is 13.6. The van der Waals surface area contributed by atoms with E-state index in [-0.39, 0.29) is 29.7 Å². The van der Waals surface area contributed by atoms with Crippen LogP contribution in [0.25, 0.3) is 44.5 Å². The number of para-hydroxylation sites is 1. The highest BCUT2D eigenvalue weighted by Crippen LogP contribution is 2.53. The summed E-state index contributed by atoms with van der Waals surface area (Å²) >= 11 is 3.91. The van der Waals surface area contributed by atoms with Crippen molar-refractivity contribution < 1.29 is 0 Å². The molecule has 2 nitrogen and oxygen atoms in total. The Hall–Kier alpha value is -8.15. The number of hydrogen-bond acceptors (Lipinski definition) is 4. The summed E-state index contributed by atoms with van der Waals surface area (Å²) in [7, 11) is 0. The second-order valence-electron chi connectivity index (χ2n) is 26.5. The molecule has 6 heteroatoms. The Kier molecular flexibility index (Phi) is 12.4. The summed E-state index contributed by atoms with van der Waals surface area (Å²) < 4.78 is 0. The van der Waals surface area contributed by atoms with Gasteiger partial charge in [0, 0.05) is 59.1 Å². The first kappa shape index (κ1) is 52.6. The second-order valence-corrected chi connectivity index (χ2v) is 28.7. The van der Waals surface area contributed by atoms with E-state index < -0.39 is 0 Å². The van der Waals surface area contributed by atoms with Gasteiger partial charge in [-0.3, -0.25) is 0 Å². The third kappa shape index (κ3) is 8.73. The van der Waals surface area contributed by atoms with Crippen LogP contribution in [0.2, 0.25) is 0 Å². The summed E-state index contributed by atoms with van der Waals surface area (Å²) in [5.74, 6) is 0. The molecular formula is C78H66B2N2S2. The topological polar surface area (TPSA) is 6.48 Å². The molecule has 0 N–H and O–H groups in total. The van der Waals surface area contributed by atoms with Crippen LogP contribution in [0.1, 0.15) is 79.0 Å². The Balaban J connectivity index is 1.11. The molecular weight excluding hydrogens is 1050 g/mol. The highest BCUT2D eigenvalue weighted by atomic mass is 32.2. The van der Waals surface area contributed by atoms with Gasteiger partial charge in [-0.25, -0.2) is 0 Å². The van der Waals surface area contributed by atoms with Crippen LogP contribution in [0.5, 0.6) is 0 Å². The van der Waals surface area contributed by atoms with E-state index in [1.54, 1.807) is 0 Å². The van der Waals surface area contributed by atoms with Crippen LogP contribution in [-0.2, 0) is 16.2 Å². The summed E-state index contributed by atoms with van der Waals surface area (Å²) in [6.45, 7) is 20.9. The molecule has 0 fully saturated rings. The molecule has 0 radical (unpaired) electrons. The van der Waals surface area contributed by atoms with E-state index in [2.05, 4.69) is 309 Å². The van der Waals surface area contributed by atoms with Gasteiger partial charge in [-0.15, -0.1) is 0 Å². The van der Waals surface area contributed by atoms with Crippen LogP contribution < -0.4 is 42.6 Å². The molecule has 0 unspecified atom stereocenters. The van der Waals surface area contributed by atoms with Crippen molar-refractivity contribution in [3.8, 4) is 44.5 Å². The van der Waals surface area contributed by atoms with E-state index in [1.165, 1.54) is 142 Å². The average molecular weight is 1120 g/mol. The zero-order valence-electron chi connectivity index (χ0n) is 49.4. The van der Waals surface area contributed by atoms with Gasteiger partial charge in [0.2, 0.25) is 13.4 Å². The predicted octanol–water partition coefficient (Wildman–Crippen LogP) is 17.8. The number of nitrogens with zero attached hydrogens (tertiary/aromatic N) is 2. The Morgan fingerprint density at radius 1 is 0.286 bits per heavy atom. The minimum absolute atomic E-state index is 0.0165. The Morgan fingerprint density at radius 2 is 0.679 bits per heavy atom. The van der Waals surface area contributed by atoms with E-state index >= 15 is 0 Å². The summed E-state index contributed by atoms with van der Waals surface area (Å²) in [6, 6.07) is 90.9. The van der Waals surface area contributed by atoms with Crippen LogP contribution in [0.15, 0.2) is 256 Å². The highest BCUT2D eigenvalue weighted by molar-refractivity contribution is 8.00. The van der Waals surface area contributed by atoms with Gasteiger partial charge in [-0.05, 0) is 143 Å². The molecule has 0 saturated carbocycles. The first-order valence-corrected chi connectivity index (χ1v) is 31.4. The van der Waals surface area contributed by atoms with Crippen LogP contribution >= 0.6 is 23.5 Å². The van der Waals surface area contributed by atoms with Gasteiger partial charge in [-0.2, -0.15) is 0 Å². The van der Waals surface area contributed by atoms with Gasteiger partial charge in [0.15, 0.2) is 0 Å². The molecule has 0 amide bonds. The van der Waals surface area contributed by atoms with Crippen molar-refractivity contribution >= 4 is 104 Å². The zero-order valence-corrected chi connectivity index (χ0v) is 51.0. The van der Waals surface area contributed by atoms with Crippen LogP contribution in [0.4, 0.5) is 34.1 Å². The lowest BCUT2D eigenvalue weighted by Gasteiger charge is -2.45. The average Bonchev–Trinajstić information content (AvgIpc) is 1.14. The number of anilines is 6. The van der Waals surface area contributed by atoms with E-state index in [9.17, 15) is 0 Å². The first-order valence-electron chi connectivity index (χ1n) is 29.8. The minimum Gasteiger partial charge on any atom is -0.311 e. The third-order valence-corrected chi connectivity index (χ3v) is 20.3. The van der Waals surface area contributed by atoms with Crippen molar-refractivity contribution in [2.75, 3.05) is 9.80 Å². The van der Waals surface area contributed by atoms with Crippen molar-refractivity contribution in [2.24, 2.45) is 0 Å². The number of fused-ring (bicyclic) bond motifs is 8. The predicted molar refractivity (Wildman–Crippen MR) is 364 cm³/mol. The van der Waals surface area contributed by atoms with Crippen LogP contribution in [-0.4, -0.2) is 13.4 Å². The molecule has 0 bridgehead atoms. The van der Waals surface area contributed by atoms with Gasteiger partial charge >= 0.3 is 0 Å². The van der Waals surface area contributed by atoms with Gasteiger partial charge < -0.3 is 9.80 Å². The van der Waals surface area contributed by atoms with E-state index in [0.717, 1.165) is 5.69 Å². The zero-order chi connectivity index (χ0) is 57.4. The van der Waals surface area contributed by atoms with Crippen LogP contribution in [0.3, 0.4) is 0 Å². The van der Waals surface area contributed by atoms with Crippen LogP contribution in [0, 0.1) is 0 Å². The first-order chi connectivity index (χ1) is 40.5. The second kappa shape index (κ2) is 19.7. The van der Waals surface area contributed by atoms with Gasteiger partial charge in [0.25, 0.3) is 0 Å². The fourth-order valence-corrected chi connectivity index (χ4v) is 16.1. The maximum absolute atomic E-state index is 2.71. The molecule has 84 heavy (non-hydrogen) atoms. The molecule has 0 spiro atoms. The molecule has 11 aromatic rings.